The summed E-state index contributed by atoms with van der Waals surface area (Å²) in [6.07, 6.45) is 1.90. The van der Waals surface area contributed by atoms with Crippen LogP contribution in [0, 0.1) is 5.82 Å². The predicted molar refractivity (Wildman–Crippen MR) is 76.1 cm³/mol. The third-order valence-corrected chi connectivity index (χ3v) is 4.00. The molecule has 0 aliphatic carbocycles. The first-order valence-corrected chi connectivity index (χ1v) is 6.99. The van der Waals surface area contributed by atoms with Crippen LogP contribution in [-0.2, 0) is 0 Å². The van der Waals surface area contributed by atoms with Gasteiger partial charge in [0.2, 0.25) is 0 Å². The molecule has 1 atom stereocenters. The Morgan fingerprint density at radius 3 is 2.90 bits per heavy atom. The number of aromatic nitrogens is 3. The Morgan fingerprint density at radius 1 is 1.25 bits per heavy atom. The SMILES string of the molecule is CC(N)c1cc(F)ccc1Sc1nnc2ccccn12. The zero-order valence-corrected chi connectivity index (χ0v) is 11.6. The van der Waals surface area contributed by atoms with Crippen LogP contribution in [0.15, 0.2) is 52.6 Å². The van der Waals surface area contributed by atoms with Crippen molar-refractivity contribution in [3.8, 4) is 0 Å². The summed E-state index contributed by atoms with van der Waals surface area (Å²) in [5.41, 5.74) is 7.45. The monoisotopic (exact) mass is 288 g/mol. The van der Waals surface area contributed by atoms with E-state index in [4.69, 9.17) is 5.73 Å². The van der Waals surface area contributed by atoms with Crippen LogP contribution >= 0.6 is 11.8 Å². The van der Waals surface area contributed by atoms with Crippen molar-refractivity contribution in [1.29, 1.82) is 0 Å². The summed E-state index contributed by atoms with van der Waals surface area (Å²) < 4.78 is 15.2. The third-order valence-electron chi connectivity index (χ3n) is 2.95. The largest absolute Gasteiger partial charge is 0.324 e. The molecule has 0 spiro atoms. The lowest BCUT2D eigenvalue weighted by molar-refractivity contribution is 0.619. The second-order valence-corrected chi connectivity index (χ2v) is 5.49. The highest BCUT2D eigenvalue weighted by atomic mass is 32.2. The van der Waals surface area contributed by atoms with Crippen molar-refractivity contribution in [2.45, 2.75) is 23.0 Å². The molecule has 20 heavy (non-hydrogen) atoms. The second kappa shape index (κ2) is 5.22. The van der Waals surface area contributed by atoms with Gasteiger partial charge in [0.05, 0.1) is 0 Å². The lowest BCUT2D eigenvalue weighted by Crippen LogP contribution is -2.07. The fourth-order valence-corrected chi connectivity index (χ4v) is 2.99. The first-order valence-electron chi connectivity index (χ1n) is 6.18. The Labute approximate surface area is 119 Å². The molecule has 0 radical (unpaired) electrons. The predicted octanol–water partition coefficient (Wildman–Crippen LogP) is 3.04. The molecule has 3 aromatic rings. The fraction of sp³-hybridized carbons (Fsp3) is 0.143. The van der Waals surface area contributed by atoms with Crippen LogP contribution in [-0.4, -0.2) is 14.6 Å². The number of benzene rings is 1. The molecule has 6 heteroatoms. The molecule has 1 aromatic carbocycles. The molecule has 102 valence electrons. The van der Waals surface area contributed by atoms with Crippen molar-refractivity contribution in [1.82, 2.24) is 14.6 Å². The van der Waals surface area contributed by atoms with Gasteiger partial charge in [-0.05, 0) is 54.6 Å². The molecule has 0 saturated carbocycles. The van der Waals surface area contributed by atoms with E-state index in [-0.39, 0.29) is 11.9 Å². The van der Waals surface area contributed by atoms with E-state index in [0.717, 1.165) is 21.3 Å². The van der Waals surface area contributed by atoms with Gasteiger partial charge < -0.3 is 5.73 Å². The summed E-state index contributed by atoms with van der Waals surface area (Å²) in [6, 6.07) is 10.1. The van der Waals surface area contributed by atoms with Gasteiger partial charge >= 0.3 is 0 Å². The van der Waals surface area contributed by atoms with E-state index in [0.29, 0.717) is 0 Å². The molecule has 4 nitrogen and oxygen atoms in total. The van der Waals surface area contributed by atoms with E-state index in [1.807, 2.05) is 35.7 Å². The van der Waals surface area contributed by atoms with Crippen molar-refractivity contribution >= 4 is 17.4 Å². The lowest BCUT2D eigenvalue weighted by atomic mass is 10.1. The Morgan fingerprint density at radius 2 is 2.10 bits per heavy atom. The zero-order valence-electron chi connectivity index (χ0n) is 10.8. The lowest BCUT2D eigenvalue weighted by Gasteiger charge is -2.11. The van der Waals surface area contributed by atoms with Crippen molar-refractivity contribution in [3.05, 3.63) is 54.0 Å². The highest BCUT2D eigenvalue weighted by Gasteiger charge is 2.13. The maximum atomic E-state index is 13.3. The van der Waals surface area contributed by atoms with Gasteiger partial charge in [0.1, 0.15) is 5.82 Å². The maximum absolute atomic E-state index is 13.3. The normalized spacial score (nSPS) is 12.8. The number of nitrogens with two attached hydrogens (primary N) is 1. The second-order valence-electron chi connectivity index (χ2n) is 4.48. The molecular formula is C14H13FN4S. The molecule has 3 rings (SSSR count). The average molecular weight is 288 g/mol. The van der Waals surface area contributed by atoms with Crippen LogP contribution in [0.5, 0.6) is 0 Å². The number of hydrogen-bond donors (Lipinski definition) is 1. The van der Waals surface area contributed by atoms with Crippen LogP contribution < -0.4 is 5.73 Å². The number of hydrogen-bond acceptors (Lipinski definition) is 4. The Balaban J connectivity index is 2.03. The van der Waals surface area contributed by atoms with Gasteiger partial charge in [0.25, 0.3) is 0 Å². The number of rotatable bonds is 3. The number of halogens is 1. The molecule has 1 unspecified atom stereocenters. The molecule has 2 aromatic heterocycles. The first kappa shape index (κ1) is 13.1. The van der Waals surface area contributed by atoms with Gasteiger partial charge in [-0.15, -0.1) is 10.2 Å². The van der Waals surface area contributed by atoms with Crippen LogP contribution in [0.4, 0.5) is 4.39 Å². The van der Waals surface area contributed by atoms with Gasteiger partial charge in [-0.3, -0.25) is 4.40 Å². The van der Waals surface area contributed by atoms with Crippen molar-refractivity contribution in [2.75, 3.05) is 0 Å². The van der Waals surface area contributed by atoms with Gasteiger partial charge in [0, 0.05) is 17.1 Å². The molecule has 0 amide bonds. The number of nitrogens with zero attached hydrogens (tertiary/aromatic N) is 3. The number of fused-ring (bicyclic) bond motifs is 1. The zero-order chi connectivity index (χ0) is 14.1. The minimum atomic E-state index is -0.284. The Kier molecular flexibility index (Phi) is 3.42. The highest BCUT2D eigenvalue weighted by molar-refractivity contribution is 7.99. The van der Waals surface area contributed by atoms with E-state index in [2.05, 4.69) is 10.2 Å². The standard InChI is InChI=1S/C14H13FN4S/c1-9(16)11-8-10(15)5-6-12(11)20-14-18-17-13-4-2-3-7-19(13)14/h2-9H,16H2,1H3. The fourth-order valence-electron chi connectivity index (χ4n) is 1.96. The highest BCUT2D eigenvalue weighted by Crippen LogP contribution is 2.32. The van der Waals surface area contributed by atoms with Gasteiger partial charge in [0.15, 0.2) is 10.8 Å². The molecule has 0 aliphatic heterocycles. The van der Waals surface area contributed by atoms with E-state index in [1.54, 1.807) is 6.07 Å². The van der Waals surface area contributed by atoms with Crippen molar-refractivity contribution < 1.29 is 4.39 Å². The third kappa shape index (κ3) is 2.39. The van der Waals surface area contributed by atoms with E-state index < -0.39 is 0 Å². The quantitative estimate of drug-likeness (QED) is 0.805. The van der Waals surface area contributed by atoms with Crippen molar-refractivity contribution in [2.24, 2.45) is 5.73 Å². The summed E-state index contributed by atoms with van der Waals surface area (Å²) in [4.78, 5) is 0.888. The van der Waals surface area contributed by atoms with E-state index in [1.165, 1.54) is 23.9 Å². The molecule has 2 heterocycles. The van der Waals surface area contributed by atoms with Crippen molar-refractivity contribution in [3.63, 3.8) is 0 Å². The van der Waals surface area contributed by atoms with Gasteiger partial charge in [-0.1, -0.05) is 6.07 Å². The van der Waals surface area contributed by atoms with E-state index in [9.17, 15) is 4.39 Å². The molecule has 0 fully saturated rings. The summed E-state index contributed by atoms with van der Waals surface area (Å²) in [7, 11) is 0. The van der Waals surface area contributed by atoms with Crippen LogP contribution in [0.1, 0.15) is 18.5 Å². The van der Waals surface area contributed by atoms with Crippen LogP contribution in [0.2, 0.25) is 0 Å². The minimum Gasteiger partial charge on any atom is -0.324 e. The molecular weight excluding hydrogens is 275 g/mol. The summed E-state index contributed by atoms with van der Waals surface area (Å²) in [6.45, 7) is 1.83. The minimum absolute atomic E-state index is 0.243. The summed E-state index contributed by atoms with van der Waals surface area (Å²) in [5, 5.41) is 8.98. The summed E-state index contributed by atoms with van der Waals surface area (Å²) in [5.74, 6) is -0.284. The Bertz CT molecular complexity index is 754. The summed E-state index contributed by atoms with van der Waals surface area (Å²) >= 11 is 1.43. The van der Waals surface area contributed by atoms with Gasteiger partial charge in [-0.25, -0.2) is 4.39 Å². The number of pyridine rings is 1. The first-order chi connectivity index (χ1) is 9.65. The average Bonchev–Trinajstić information content (AvgIpc) is 2.84. The molecule has 0 bridgehead atoms. The van der Waals surface area contributed by atoms with Gasteiger partial charge in [-0.2, -0.15) is 0 Å². The Hall–Kier alpha value is -1.92. The molecule has 2 N–H and O–H groups in total. The molecule has 0 aliphatic rings. The van der Waals surface area contributed by atoms with E-state index >= 15 is 0 Å². The van der Waals surface area contributed by atoms with Crippen LogP contribution in [0.25, 0.3) is 5.65 Å². The van der Waals surface area contributed by atoms with Crippen LogP contribution in [0.3, 0.4) is 0 Å². The maximum Gasteiger partial charge on any atom is 0.200 e. The smallest absolute Gasteiger partial charge is 0.200 e. The molecule has 0 saturated heterocycles. The topological polar surface area (TPSA) is 56.2 Å².